The Morgan fingerprint density at radius 3 is 2.30 bits per heavy atom. The van der Waals surface area contributed by atoms with Gasteiger partial charge >= 0.3 is 0 Å². The molecule has 1 fully saturated rings. The molecule has 1 amide bonds. The molecule has 0 spiro atoms. The molecule has 3 nitrogen and oxygen atoms in total. The van der Waals surface area contributed by atoms with Gasteiger partial charge in [0.15, 0.2) is 0 Å². The number of carbonyl (C=O) groups is 1. The second-order valence-corrected chi connectivity index (χ2v) is 6.74. The molecule has 0 bridgehead atoms. The van der Waals surface area contributed by atoms with Gasteiger partial charge in [0, 0.05) is 36.2 Å². The predicted molar refractivity (Wildman–Crippen MR) is 85.9 cm³/mol. The first-order valence-corrected chi connectivity index (χ1v) is 8.13. The molecule has 1 aliphatic rings. The molecule has 20 heavy (non-hydrogen) atoms. The van der Waals surface area contributed by atoms with E-state index in [0.29, 0.717) is 0 Å². The van der Waals surface area contributed by atoms with Crippen LogP contribution in [0.15, 0.2) is 28.7 Å². The Labute approximate surface area is 130 Å². The summed E-state index contributed by atoms with van der Waals surface area (Å²) in [5.74, 6) is 0.901. The summed E-state index contributed by atoms with van der Waals surface area (Å²) >= 11 is 3.40. The second kappa shape index (κ2) is 7.23. The average molecular weight is 339 g/mol. The molecular formula is C16H23BrN2O. The van der Waals surface area contributed by atoms with Gasteiger partial charge in [-0.15, -0.1) is 0 Å². The van der Waals surface area contributed by atoms with E-state index in [0.717, 1.165) is 48.7 Å². The summed E-state index contributed by atoms with van der Waals surface area (Å²) in [6.07, 6.45) is 1.24. The summed E-state index contributed by atoms with van der Waals surface area (Å²) in [6.45, 7) is 9.34. The number of benzene rings is 1. The minimum atomic E-state index is 0.154. The lowest BCUT2D eigenvalue weighted by atomic mass is 10.1. The molecule has 0 aliphatic carbocycles. The summed E-state index contributed by atoms with van der Waals surface area (Å²) in [7, 11) is 0. The van der Waals surface area contributed by atoms with Crippen molar-refractivity contribution in [2.75, 3.05) is 32.7 Å². The van der Waals surface area contributed by atoms with E-state index in [-0.39, 0.29) is 5.91 Å². The van der Waals surface area contributed by atoms with Gasteiger partial charge in [-0.3, -0.25) is 9.69 Å². The summed E-state index contributed by atoms with van der Waals surface area (Å²) < 4.78 is 1.01. The third-order valence-corrected chi connectivity index (χ3v) is 4.30. The summed E-state index contributed by atoms with van der Waals surface area (Å²) in [4.78, 5) is 16.8. The van der Waals surface area contributed by atoms with Crippen molar-refractivity contribution >= 4 is 21.8 Å². The molecule has 1 aromatic rings. The van der Waals surface area contributed by atoms with E-state index < -0.39 is 0 Å². The number of nitrogens with zero attached hydrogens (tertiary/aromatic N) is 2. The maximum atomic E-state index is 12.4. The first kappa shape index (κ1) is 15.5. The van der Waals surface area contributed by atoms with Crippen molar-refractivity contribution in [1.82, 2.24) is 9.80 Å². The quantitative estimate of drug-likeness (QED) is 0.841. The van der Waals surface area contributed by atoms with Crippen molar-refractivity contribution in [2.24, 2.45) is 5.92 Å². The molecule has 0 aromatic heterocycles. The van der Waals surface area contributed by atoms with Crippen LogP contribution < -0.4 is 0 Å². The summed E-state index contributed by atoms with van der Waals surface area (Å²) in [5.41, 5.74) is 0.781. The van der Waals surface area contributed by atoms with E-state index in [1.807, 2.05) is 29.2 Å². The normalized spacial score (nSPS) is 16.7. The van der Waals surface area contributed by atoms with Crippen molar-refractivity contribution in [2.45, 2.75) is 20.3 Å². The Kier molecular flexibility index (Phi) is 5.61. The highest BCUT2D eigenvalue weighted by atomic mass is 79.9. The van der Waals surface area contributed by atoms with Crippen molar-refractivity contribution in [3.8, 4) is 0 Å². The third kappa shape index (κ3) is 4.32. The zero-order valence-corrected chi connectivity index (χ0v) is 13.9. The maximum absolute atomic E-state index is 12.4. The number of rotatable bonds is 4. The Morgan fingerprint density at radius 1 is 1.15 bits per heavy atom. The highest BCUT2D eigenvalue weighted by Gasteiger charge is 2.21. The van der Waals surface area contributed by atoms with E-state index in [9.17, 15) is 4.79 Å². The standard InChI is InChI=1S/C16H23BrN2O/c1-13(2)7-8-18-9-11-19(12-10-18)16(20)14-3-5-15(17)6-4-14/h3-6,13H,7-12H2,1-2H3. The molecule has 1 heterocycles. The van der Waals surface area contributed by atoms with Crippen LogP contribution in [0.5, 0.6) is 0 Å². The number of hydrogen-bond donors (Lipinski definition) is 0. The van der Waals surface area contributed by atoms with E-state index in [1.54, 1.807) is 0 Å². The van der Waals surface area contributed by atoms with Gasteiger partial charge in [-0.25, -0.2) is 0 Å². The Hall–Kier alpha value is -0.870. The Morgan fingerprint density at radius 2 is 1.75 bits per heavy atom. The lowest BCUT2D eigenvalue weighted by Crippen LogP contribution is -2.48. The zero-order chi connectivity index (χ0) is 14.5. The minimum Gasteiger partial charge on any atom is -0.336 e. The van der Waals surface area contributed by atoms with Crippen molar-refractivity contribution in [3.63, 3.8) is 0 Å². The lowest BCUT2D eigenvalue weighted by Gasteiger charge is -2.35. The van der Waals surface area contributed by atoms with Gasteiger partial charge in [-0.1, -0.05) is 29.8 Å². The van der Waals surface area contributed by atoms with Crippen LogP contribution in [0.3, 0.4) is 0 Å². The maximum Gasteiger partial charge on any atom is 0.253 e. The van der Waals surface area contributed by atoms with Gasteiger partial charge in [-0.2, -0.15) is 0 Å². The first-order valence-electron chi connectivity index (χ1n) is 7.33. The van der Waals surface area contributed by atoms with Crippen molar-refractivity contribution in [3.05, 3.63) is 34.3 Å². The molecule has 1 aliphatic heterocycles. The molecular weight excluding hydrogens is 316 g/mol. The van der Waals surface area contributed by atoms with Crippen LogP contribution in [0.1, 0.15) is 30.6 Å². The van der Waals surface area contributed by atoms with Crippen LogP contribution in [0.2, 0.25) is 0 Å². The molecule has 0 N–H and O–H groups in total. The fourth-order valence-electron chi connectivity index (χ4n) is 2.39. The van der Waals surface area contributed by atoms with Crippen LogP contribution in [-0.4, -0.2) is 48.4 Å². The van der Waals surface area contributed by atoms with E-state index >= 15 is 0 Å². The average Bonchev–Trinajstić information content (AvgIpc) is 2.46. The van der Waals surface area contributed by atoms with Crippen LogP contribution in [0.25, 0.3) is 0 Å². The van der Waals surface area contributed by atoms with E-state index in [2.05, 4.69) is 34.7 Å². The number of carbonyl (C=O) groups excluding carboxylic acids is 1. The van der Waals surface area contributed by atoms with Crippen LogP contribution in [-0.2, 0) is 0 Å². The van der Waals surface area contributed by atoms with Gasteiger partial charge in [0.05, 0.1) is 0 Å². The van der Waals surface area contributed by atoms with Gasteiger partial charge in [0.1, 0.15) is 0 Å². The number of halogens is 1. The SMILES string of the molecule is CC(C)CCN1CCN(C(=O)c2ccc(Br)cc2)CC1. The molecule has 4 heteroatoms. The summed E-state index contributed by atoms with van der Waals surface area (Å²) in [5, 5.41) is 0. The molecule has 0 radical (unpaired) electrons. The smallest absolute Gasteiger partial charge is 0.253 e. The minimum absolute atomic E-state index is 0.154. The molecule has 1 aromatic carbocycles. The Bertz CT molecular complexity index is 436. The molecule has 1 saturated heterocycles. The van der Waals surface area contributed by atoms with Gasteiger partial charge < -0.3 is 4.90 Å². The van der Waals surface area contributed by atoms with E-state index in [1.165, 1.54) is 6.42 Å². The number of amides is 1. The molecule has 2 rings (SSSR count). The van der Waals surface area contributed by atoms with E-state index in [4.69, 9.17) is 0 Å². The number of piperazine rings is 1. The fourth-order valence-corrected chi connectivity index (χ4v) is 2.65. The van der Waals surface area contributed by atoms with Gasteiger partial charge in [-0.05, 0) is 43.1 Å². The highest BCUT2D eigenvalue weighted by Crippen LogP contribution is 2.14. The summed E-state index contributed by atoms with van der Waals surface area (Å²) in [6, 6.07) is 7.62. The van der Waals surface area contributed by atoms with Gasteiger partial charge in [0.25, 0.3) is 5.91 Å². The molecule has 0 atom stereocenters. The number of hydrogen-bond acceptors (Lipinski definition) is 2. The second-order valence-electron chi connectivity index (χ2n) is 5.82. The fraction of sp³-hybridized carbons (Fsp3) is 0.562. The highest BCUT2D eigenvalue weighted by molar-refractivity contribution is 9.10. The molecule has 0 unspecified atom stereocenters. The van der Waals surface area contributed by atoms with Crippen molar-refractivity contribution < 1.29 is 4.79 Å². The van der Waals surface area contributed by atoms with Gasteiger partial charge in [0.2, 0.25) is 0 Å². The monoisotopic (exact) mass is 338 g/mol. The van der Waals surface area contributed by atoms with Crippen LogP contribution in [0.4, 0.5) is 0 Å². The van der Waals surface area contributed by atoms with Crippen LogP contribution in [0, 0.1) is 5.92 Å². The molecule has 0 saturated carbocycles. The topological polar surface area (TPSA) is 23.6 Å². The van der Waals surface area contributed by atoms with Crippen LogP contribution >= 0.6 is 15.9 Å². The Balaban J connectivity index is 1.84. The zero-order valence-electron chi connectivity index (χ0n) is 12.3. The first-order chi connectivity index (χ1) is 9.56. The largest absolute Gasteiger partial charge is 0.336 e. The third-order valence-electron chi connectivity index (χ3n) is 3.77. The molecule has 110 valence electrons. The van der Waals surface area contributed by atoms with Crippen molar-refractivity contribution in [1.29, 1.82) is 0 Å². The predicted octanol–water partition coefficient (Wildman–Crippen LogP) is 3.25. The lowest BCUT2D eigenvalue weighted by molar-refractivity contribution is 0.0632.